The van der Waals surface area contributed by atoms with Crippen molar-refractivity contribution in [1.29, 1.82) is 0 Å². The minimum atomic E-state index is -0.318. The summed E-state index contributed by atoms with van der Waals surface area (Å²) in [5.41, 5.74) is 1.60. The van der Waals surface area contributed by atoms with E-state index >= 15 is 0 Å². The molecule has 3 nitrogen and oxygen atoms in total. The number of hydrogen-bond donors (Lipinski definition) is 0. The highest BCUT2D eigenvalue weighted by Crippen LogP contribution is 2.37. The quantitative estimate of drug-likeness (QED) is 0.793. The molecule has 1 saturated carbocycles. The fraction of sp³-hybridized carbons (Fsp3) is 0.625. The largest absolute Gasteiger partial charge is 0.494 e. The molecule has 1 aromatic rings. The zero-order valence-corrected chi connectivity index (χ0v) is 13.0. The molecule has 0 bridgehead atoms. The van der Waals surface area contributed by atoms with Crippen LogP contribution in [0.15, 0.2) is 18.2 Å². The van der Waals surface area contributed by atoms with Crippen LogP contribution in [0.4, 0.5) is 0 Å². The maximum atomic E-state index is 6.10. The lowest BCUT2D eigenvalue weighted by Gasteiger charge is -2.32. The van der Waals surface area contributed by atoms with E-state index in [4.69, 9.17) is 14.0 Å². The summed E-state index contributed by atoms with van der Waals surface area (Å²) in [7, 11) is -0.318. The molecule has 0 N–H and O–H groups in total. The molecule has 1 aromatic carbocycles. The second kappa shape index (κ2) is 4.50. The van der Waals surface area contributed by atoms with Gasteiger partial charge >= 0.3 is 7.12 Å². The Morgan fingerprint density at radius 1 is 1.05 bits per heavy atom. The molecule has 1 heterocycles. The Bertz CT molecular complexity index is 504. The summed E-state index contributed by atoms with van der Waals surface area (Å²) in [4.78, 5) is 0. The van der Waals surface area contributed by atoms with Gasteiger partial charge in [-0.25, -0.2) is 0 Å². The molecule has 3 rings (SSSR count). The van der Waals surface area contributed by atoms with E-state index in [1.165, 1.54) is 18.4 Å². The second-order valence-electron chi connectivity index (χ2n) is 6.98. The van der Waals surface area contributed by atoms with Gasteiger partial charge < -0.3 is 14.0 Å². The van der Waals surface area contributed by atoms with Gasteiger partial charge in [0.2, 0.25) is 0 Å². The lowest BCUT2D eigenvalue weighted by Crippen LogP contribution is -2.41. The maximum absolute atomic E-state index is 6.10. The summed E-state index contributed by atoms with van der Waals surface area (Å²) in [6.45, 7) is 10.4. The van der Waals surface area contributed by atoms with Gasteiger partial charge in [-0.3, -0.25) is 0 Å². The molecule has 0 atom stereocenters. The minimum absolute atomic E-state index is 0.307. The van der Waals surface area contributed by atoms with E-state index in [1.807, 2.05) is 6.07 Å². The lowest BCUT2D eigenvalue weighted by atomic mass is 9.78. The van der Waals surface area contributed by atoms with Crippen molar-refractivity contribution in [1.82, 2.24) is 0 Å². The van der Waals surface area contributed by atoms with E-state index in [0.29, 0.717) is 6.10 Å². The minimum Gasteiger partial charge on any atom is -0.490 e. The van der Waals surface area contributed by atoms with E-state index < -0.39 is 0 Å². The Kier molecular flexibility index (Phi) is 3.14. The zero-order valence-electron chi connectivity index (χ0n) is 13.0. The van der Waals surface area contributed by atoms with Crippen LogP contribution in [-0.4, -0.2) is 24.4 Å². The molecule has 20 heavy (non-hydrogen) atoms. The number of hydrogen-bond acceptors (Lipinski definition) is 3. The molecule has 2 fully saturated rings. The van der Waals surface area contributed by atoms with Gasteiger partial charge in [0, 0.05) is 0 Å². The Balaban J connectivity index is 1.85. The topological polar surface area (TPSA) is 27.7 Å². The highest BCUT2D eigenvalue weighted by molar-refractivity contribution is 6.62. The van der Waals surface area contributed by atoms with Gasteiger partial charge in [-0.05, 0) is 70.6 Å². The van der Waals surface area contributed by atoms with Crippen LogP contribution >= 0.6 is 0 Å². The van der Waals surface area contributed by atoms with E-state index in [0.717, 1.165) is 11.2 Å². The molecule has 108 valence electrons. The van der Waals surface area contributed by atoms with Crippen LogP contribution in [0.2, 0.25) is 0 Å². The average molecular weight is 274 g/mol. The van der Waals surface area contributed by atoms with Crippen LogP contribution < -0.4 is 10.2 Å². The summed E-state index contributed by atoms with van der Waals surface area (Å²) in [6, 6.07) is 6.24. The van der Waals surface area contributed by atoms with E-state index in [2.05, 4.69) is 46.8 Å². The first-order chi connectivity index (χ1) is 9.27. The molecule has 0 amide bonds. The highest BCUT2D eigenvalue weighted by Gasteiger charge is 2.51. The fourth-order valence-corrected chi connectivity index (χ4v) is 2.34. The van der Waals surface area contributed by atoms with Crippen molar-refractivity contribution in [3.63, 3.8) is 0 Å². The maximum Gasteiger partial charge on any atom is 0.494 e. The summed E-state index contributed by atoms with van der Waals surface area (Å²) >= 11 is 0. The van der Waals surface area contributed by atoms with E-state index in [9.17, 15) is 0 Å². The summed E-state index contributed by atoms with van der Waals surface area (Å²) in [5.74, 6) is 0.928. The van der Waals surface area contributed by atoms with Crippen molar-refractivity contribution >= 4 is 12.6 Å². The van der Waals surface area contributed by atoms with Crippen molar-refractivity contribution in [2.45, 2.75) is 64.8 Å². The zero-order chi connectivity index (χ0) is 14.5. The second-order valence-corrected chi connectivity index (χ2v) is 6.98. The van der Waals surface area contributed by atoms with Crippen LogP contribution in [-0.2, 0) is 9.31 Å². The van der Waals surface area contributed by atoms with Crippen LogP contribution in [0.5, 0.6) is 5.75 Å². The molecular formula is C16H23BO3. The first kappa shape index (κ1) is 14.0. The van der Waals surface area contributed by atoms with Crippen molar-refractivity contribution in [3.05, 3.63) is 23.8 Å². The summed E-state index contributed by atoms with van der Waals surface area (Å²) < 4.78 is 18.1. The molecule has 1 aliphatic heterocycles. The van der Waals surface area contributed by atoms with Crippen LogP contribution in [0.3, 0.4) is 0 Å². The SMILES string of the molecule is Cc1cc(OC2CC2)cc(B2OC(C)(C)C(C)(C)O2)c1. The predicted octanol–water partition coefficient (Wildman–Crippen LogP) is 2.84. The molecule has 0 spiro atoms. The van der Waals surface area contributed by atoms with Crippen molar-refractivity contribution in [2.24, 2.45) is 0 Å². The average Bonchev–Trinajstić information content (AvgIpc) is 3.06. The third kappa shape index (κ3) is 2.59. The lowest BCUT2D eigenvalue weighted by molar-refractivity contribution is 0.00578. The first-order valence-corrected chi connectivity index (χ1v) is 7.41. The highest BCUT2D eigenvalue weighted by atomic mass is 16.7. The third-order valence-electron chi connectivity index (χ3n) is 4.43. The Hall–Kier alpha value is -0.995. The first-order valence-electron chi connectivity index (χ1n) is 7.41. The van der Waals surface area contributed by atoms with Crippen molar-refractivity contribution in [3.8, 4) is 5.75 Å². The normalized spacial score (nSPS) is 23.9. The number of rotatable bonds is 3. The van der Waals surface area contributed by atoms with Gasteiger partial charge in [-0.15, -0.1) is 0 Å². The molecule has 4 heteroatoms. The molecule has 2 aliphatic rings. The Morgan fingerprint density at radius 2 is 1.65 bits per heavy atom. The van der Waals surface area contributed by atoms with Gasteiger partial charge in [-0.1, -0.05) is 6.07 Å². The molecule has 0 unspecified atom stereocenters. The fourth-order valence-electron chi connectivity index (χ4n) is 2.34. The van der Waals surface area contributed by atoms with Gasteiger partial charge in [0.1, 0.15) is 5.75 Å². The molecular weight excluding hydrogens is 251 g/mol. The predicted molar refractivity (Wildman–Crippen MR) is 80.5 cm³/mol. The Morgan fingerprint density at radius 3 is 2.20 bits per heavy atom. The third-order valence-corrected chi connectivity index (χ3v) is 4.43. The van der Waals surface area contributed by atoms with Crippen molar-refractivity contribution < 1.29 is 14.0 Å². The van der Waals surface area contributed by atoms with Gasteiger partial charge in [0.05, 0.1) is 17.3 Å². The van der Waals surface area contributed by atoms with Crippen LogP contribution in [0.1, 0.15) is 46.1 Å². The van der Waals surface area contributed by atoms with Gasteiger partial charge in [-0.2, -0.15) is 0 Å². The number of aryl methyl sites for hydroxylation is 1. The van der Waals surface area contributed by atoms with Crippen LogP contribution in [0.25, 0.3) is 0 Å². The monoisotopic (exact) mass is 274 g/mol. The summed E-state index contributed by atoms with van der Waals surface area (Å²) in [6.07, 6.45) is 2.74. The molecule has 1 saturated heterocycles. The van der Waals surface area contributed by atoms with E-state index in [1.54, 1.807) is 0 Å². The van der Waals surface area contributed by atoms with Gasteiger partial charge in [0.15, 0.2) is 0 Å². The van der Waals surface area contributed by atoms with Crippen LogP contribution in [0, 0.1) is 6.92 Å². The standard InChI is InChI=1S/C16H23BO3/c1-11-8-12(10-14(9-11)18-13-6-7-13)17-19-15(2,3)16(4,5)20-17/h8-10,13H,6-7H2,1-5H3. The van der Waals surface area contributed by atoms with Gasteiger partial charge in [0.25, 0.3) is 0 Å². The number of benzene rings is 1. The van der Waals surface area contributed by atoms with Crippen molar-refractivity contribution in [2.75, 3.05) is 0 Å². The molecule has 1 aliphatic carbocycles. The van der Waals surface area contributed by atoms with E-state index in [-0.39, 0.29) is 18.3 Å². The summed E-state index contributed by atoms with van der Waals surface area (Å²) in [5, 5.41) is 0. The molecule has 0 radical (unpaired) electrons. The smallest absolute Gasteiger partial charge is 0.490 e. The number of ether oxygens (including phenoxy) is 1. The Labute approximate surface area is 121 Å². The molecule has 0 aromatic heterocycles.